The zero-order chi connectivity index (χ0) is 11.4. The van der Waals surface area contributed by atoms with E-state index in [-0.39, 0.29) is 18.1 Å². The SMILES string of the molecule is CC1CN(C(=O)C2CNCCN2)CCCO1. The summed E-state index contributed by atoms with van der Waals surface area (Å²) in [5.41, 5.74) is 0. The average Bonchev–Trinajstić information content (AvgIpc) is 2.54. The fourth-order valence-corrected chi connectivity index (χ4v) is 2.24. The number of ether oxygens (including phenoxy) is 1. The van der Waals surface area contributed by atoms with Gasteiger partial charge in [-0.25, -0.2) is 0 Å². The topological polar surface area (TPSA) is 53.6 Å². The quantitative estimate of drug-likeness (QED) is 0.615. The summed E-state index contributed by atoms with van der Waals surface area (Å²) in [6, 6.07) is -0.0564. The van der Waals surface area contributed by atoms with Crippen LogP contribution >= 0.6 is 0 Å². The molecule has 2 atom stereocenters. The fourth-order valence-electron chi connectivity index (χ4n) is 2.24. The third-order valence-electron chi connectivity index (χ3n) is 3.10. The number of amides is 1. The van der Waals surface area contributed by atoms with Gasteiger partial charge in [0.15, 0.2) is 0 Å². The maximum absolute atomic E-state index is 12.2. The lowest BCUT2D eigenvalue weighted by atomic mass is 10.2. The van der Waals surface area contributed by atoms with Crippen LogP contribution in [0.4, 0.5) is 0 Å². The molecule has 0 radical (unpaired) electrons. The van der Waals surface area contributed by atoms with Crippen molar-refractivity contribution in [1.82, 2.24) is 15.5 Å². The van der Waals surface area contributed by atoms with E-state index >= 15 is 0 Å². The Labute approximate surface area is 96.5 Å². The van der Waals surface area contributed by atoms with Gasteiger partial charge in [0.05, 0.1) is 12.1 Å². The summed E-state index contributed by atoms with van der Waals surface area (Å²) in [5, 5.41) is 6.50. The zero-order valence-corrected chi connectivity index (χ0v) is 9.87. The highest BCUT2D eigenvalue weighted by Gasteiger charge is 2.27. The fraction of sp³-hybridized carbons (Fsp3) is 0.909. The van der Waals surface area contributed by atoms with E-state index in [1.807, 2.05) is 11.8 Å². The first-order valence-corrected chi connectivity index (χ1v) is 6.12. The second-order valence-electron chi connectivity index (χ2n) is 4.53. The van der Waals surface area contributed by atoms with Crippen LogP contribution in [0.5, 0.6) is 0 Å². The van der Waals surface area contributed by atoms with Gasteiger partial charge in [-0.1, -0.05) is 0 Å². The lowest BCUT2D eigenvalue weighted by Gasteiger charge is -2.30. The number of hydrogen-bond donors (Lipinski definition) is 2. The molecule has 2 saturated heterocycles. The molecule has 2 N–H and O–H groups in total. The van der Waals surface area contributed by atoms with Gasteiger partial charge in [-0.2, -0.15) is 0 Å². The summed E-state index contributed by atoms with van der Waals surface area (Å²) >= 11 is 0. The lowest BCUT2D eigenvalue weighted by molar-refractivity contribution is -0.134. The van der Waals surface area contributed by atoms with Crippen LogP contribution in [0.1, 0.15) is 13.3 Å². The van der Waals surface area contributed by atoms with Crippen LogP contribution in [0, 0.1) is 0 Å². The van der Waals surface area contributed by atoms with Crippen LogP contribution in [-0.4, -0.2) is 62.3 Å². The molecule has 0 bridgehead atoms. The normalized spacial score (nSPS) is 32.2. The molecule has 2 unspecified atom stereocenters. The smallest absolute Gasteiger partial charge is 0.241 e. The molecule has 16 heavy (non-hydrogen) atoms. The Hall–Kier alpha value is -0.650. The Morgan fingerprint density at radius 1 is 1.44 bits per heavy atom. The molecule has 2 rings (SSSR count). The van der Waals surface area contributed by atoms with Crippen molar-refractivity contribution in [1.29, 1.82) is 0 Å². The van der Waals surface area contributed by atoms with E-state index in [0.29, 0.717) is 0 Å². The van der Waals surface area contributed by atoms with Crippen molar-refractivity contribution in [2.45, 2.75) is 25.5 Å². The minimum absolute atomic E-state index is 0.0564. The van der Waals surface area contributed by atoms with Crippen molar-refractivity contribution >= 4 is 5.91 Å². The van der Waals surface area contributed by atoms with Crippen molar-refractivity contribution in [3.8, 4) is 0 Å². The summed E-state index contributed by atoms with van der Waals surface area (Å²) in [6.45, 7) is 6.89. The molecule has 0 aromatic heterocycles. The number of hydrogen-bond acceptors (Lipinski definition) is 4. The molecule has 0 aromatic carbocycles. The van der Waals surface area contributed by atoms with Crippen molar-refractivity contribution in [3.63, 3.8) is 0 Å². The number of carbonyl (C=O) groups excluding carboxylic acids is 1. The molecule has 5 nitrogen and oxygen atoms in total. The summed E-state index contributed by atoms with van der Waals surface area (Å²) in [4.78, 5) is 14.2. The van der Waals surface area contributed by atoms with Gasteiger partial charge >= 0.3 is 0 Å². The number of nitrogens with zero attached hydrogens (tertiary/aromatic N) is 1. The molecule has 2 fully saturated rings. The van der Waals surface area contributed by atoms with Gasteiger partial charge in [-0.15, -0.1) is 0 Å². The first-order valence-electron chi connectivity index (χ1n) is 6.12. The Morgan fingerprint density at radius 3 is 3.06 bits per heavy atom. The average molecular weight is 227 g/mol. The zero-order valence-electron chi connectivity index (χ0n) is 9.87. The van der Waals surface area contributed by atoms with Crippen molar-refractivity contribution in [2.24, 2.45) is 0 Å². The van der Waals surface area contributed by atoms with Crippen LogP contribution in [0.3, 0.4) is 0 Å². The largest absolute Gasteiger partial charge is 0.377 e. The van der Waals surface area contributed by atoms with Gasteiger partial charge in [0.2, 0.25) is 5.91 Å². The molecular weight excluding hydrogens is 206 g/mol. The molecule has 0 aliphatic carbocycles. The van der Waals surface area contributed by atoms with Crippen LogP contribution in [0.15, 0.2) is 0 Å². The predicted octanol–water partition coefficient (Wildman–Crippen LogP) is -0.815. The molecule has 5 heteroatoms. The Bertz CT molecular complexity index is 241. The number of nitrogens with one attached hydrogen (secondary N) is 2. The Kier molecular flexibility index (Phi) is 4.15. The van der Waals surface area contributed by atoms with E-state index in [2.05, 4.69) is 10.6 Å². The number of carbonyl (C=O) groups is 1. The molecule has 2 heterocycles. The highest BCUT2D eigenvalue weighted by atomic mass is 16.5. The third kappa shape index (κ3) is 2.93. The van der Waals surface area contributed by atoms with Gasteiger partial charge in [-0.05, 0) is 13.3 Å². The minimum Gasteiger partial charge on any atom is -0.377 e. The second kappa shape index (κ2) is 5.61. The lowest BCUT2D eigenvalue weighted by Crippen LogP contribution is -2.57. The number of rotatable bonds is 1. The van der Waals surface area contributed by atoms with Crippen molar-refractivity contribution in [2.75, 3.05) is 39.3 Å². The molecule has 2 aliphatic heterocycles. The molecule has 0 aromatic rings. The summed E-state index contributed by atoms with van der Waals surface area (Å²) < 4.78 is 5.54. The van der Waals surface area contributed by atoms with Gasteiger partial charge in [0.25, 0.3) is 0 Å². The van der Waals surface area contributed by atoms with E-state index in [4.69, 9.17) is 4.74 Å². The summed E-state index contributed by atoms with van der Waals surface area (Å²) in [7, 11) is 0. The van der Waals surface area contributed by atoms with Crippen LogP contribution in [0.2, 0.25) is 0 Å². The first-order chi connectivity index (χ1) is 7.77. The predicted molar refractivity (Wildman–Crippen MR) is 61.3 cm³/mol. The van der Waals surface area contributed by atoms with Gasteiger partial charge in [0.1, 0.15) is 0 Å². The molecule has 0 saturated carbocycles. The third-order valence-corrected chi connectivity index (χ3v) is 3.10. The summed E-state index contributed by atoms with van der Waals surface area (Å²) in [5.74, 6) is 0.213. The maximum atomic E-state index is 12.2. The monoisotopic (exact) mass is 227 g/mol. The molecule has 92 valence electrons. The molecular formula is C11H21N3O2. The Balaban J connectivity index is 1.91. The van der Waals surface area contributed by atoms with Crippen LogP contribution in [0.25, 0.3) is 0 Å². The van der Waals surface area contributed by atoms with E-state index in [1.54, 1.807) is 0 Å². The van der Waals surface area contributed by atoms with E-state index in [1.165, 1.54) is 0 Å². The second-order valence-corrected chi connectivity index (χ2v) is 4.53. The summed E-state index contributed by atoms with van der Waals surface area (Å²) in [6.07, 6.45) is 1.10. The van der Waals surface area contributed by atoms with Crippen LogP contribution in [-0.2, 0) is 9.53 Å². The maximum Gasteiger partial charge on any atom is 0.241 e. The van der Waals surface area contributed by atoms with Gasteiger partial charge in [-0.3, -0.25) is 4.79 Å². The molecule has 2 aliphatic rings. The van der Waals surface area contributed by atoms with Crippen molar-refractivity contribution in [3.05, 3.63) is 0 Å². The van der Waals surface area contributed by atoms with Gasteiger partial charge < -0.3 is 20.3 Å². The Morgan fingerprint density at radius 2 is 2.31 bits per heavy atom. The van der Waals surface area contributed by atoms with E-state index < -0.39 is 0 Å². The highest BCUT2D eigenvalue weighted by Crippen LogP contribution is 2.07. The minimum atomic E-state index is -0.0564. The molecule has 0 spiro atoms. The van der Waals surface area contributed by atoms with E-state index in [9.17, 15) is 4.79 Å². The first kappa shape index (κ1) is 11.8. The van der Waals surface area contributed by atoms with E-state index in [0.717, 1.165) is 45.8 Å². The van der Waals surface area contributed by atoms with Crippen LogP contribution < -0.4 is 10.6 Å². The van der Waals surface area contributed by atoms with Gasteiger partial charge in [0, 0.05) is 39.3 Å². The standard InChI is InChI=1S/C11H21N3O2/c1-9-8-14(5-2-6-16-9)11(15)10-7-12-3-4-13-10/h9-10,12-13H,2-8H2,1H3. The van der Waals surface area contributed by atoms with Crippen molar-refractivity contribution < 1.29 is 9.53 Å². The molecule has 1 amide bonds. The highest BCUT2D eigenvalue weighted by molar-refractivity contribution is 5.82. The number of piperazine rings is 1.